The topological polar surface area (TPSA) is 64.4 Å². The Morgan fingerprint density at radius 2 is 1.94 bits per heavy atom. The Morgan fingerprint density at radius 1 is 1.28 bits per heavy atom. The summed E-state index contributed by atoms with van der Waals surface area (Å²) in [5, 5.41) is 2.71. The number of carbonyl (C=O) groups excluding carboxylic acids is 1. The van der Waals surface area contributed by atoms with Crippen molar-refractivity contribution in [2.75, 3.05) is 11.9 Å². The van der Waals surface area contributed by atoms with E-state index >= 15 is 0 Å². The van der Waals surface area contributed by atoms with Crippen LogP contribution in [0.5, 0.6) is 0 Å². The summed E-state index contributed by atoms with van der Waals surface area (Å²) < 4.78 is 5.82. The molecule has 2 rings (SSSR count). The molecule has 18 heavy (non-hydrogen) atoms. The fourth-order valence-corrected chi connectivity index (χ4v) is 2.17. The Hall–Kier alpha value is -1.39. The van der Waals surface area contributed by atoms with Gasteiger partial charge in [0.1, 0.15) is 0 Å². The molecule has 0 aliphatic heterocycles. The van der Waals surface area contributed by atoms with E-state index in [1.807, 2.05) is 24.3 Å². The average Bonchev–Trinajstić information content (AvgIpc) is 2.91. The van der Waals surface area contributed by atoms with Crippen LogP contribution >= 0.6 is 0 Å². The number of benzene rings is 1. The minimum absolute atomic E-state index is 0.00649. The van der Waals surface area contributed by atoms with Crippen molar-refractivity contribution >= 4 is 11.6 Å². The van der Waals surface area contributed by atoms with Crippen LogP contribution < -0.4 is 11.1 Å². The first-order valence-corrected chi connectivity index (χ1v) is 6.48. The van der Waals surface area contributed by atoms with Gasteiger partial charge in [0.15, 0.2) is 0 Å². The van der Waals surface area contributed by atoms with E-state index in [2.05, 4.69) is 5.32 Å². The van der Waals surface area contributed by atoms with Gasteiger partial charge in [-0.3, -0.25) is 4.79 Å². The van der Waals surface area contributed by atoms with E-state index in [0.717, 1.165) is 11.3 Å². The number of hydrogen-bond acceptors (Lipinski definition) is 3. The van der Waals surface area contributed by atoms with E-state index in [-0.39, 0.29) is 12.5 Å². The minimum Gasteiger partial charge on any atom is -0.374 e. The predicted molar refractivity (Wildman–Crippen MR) is 71.2 cm³/mol. The zero-order valence-electron chi connectivity index (χ0n) is 10.5. The van der Waals surface area contributed by atoms with Crippen LogP contribution in [0, 0.1) is 0 Å². The number of anilines is 1. The SMILES string of the molecule is NCC(=O)Nc1ccc(COC2CCCC2)cc1. The normalized spacial score (nSPS) is 15.8. The van der Waals surface area contributed by atoms with Crippen molar-refractivity contribution in [2.24, 2.45) is 5.73 Å². The maximum Gasteiger partial charge on any atom is 0.238 e. The van der Waals surface area contributed by atoms with Crippen molar-refractivity contribution < 1.29 is 9.53 Å². The second-order valence-corrected chi connectivity index (χ2v) is 4.67. The van der Waals surface area contributed by atoms with Crippen LogP contribution in [0.2, 0.25) is 0 Å². The molecule has 1 aliphatic rings. The van der Waals surface area contributed by atoms with Crippen LogP contribution in [0.15, 0.2) is 24.3 Å². The molecule has 0 unspecified atom stereocenters. The molecule has 1 aliphatic carbocycles. The molecule has 1 fully saturated rings. The first-order valence-electron chi connectivity index (χ1n) is 6.48. The van der Waals surface area contributed by atoms with Crippen LogP contribution in [-0.2, 0) is 16.1 Å². The summed E-state index contributed by atoms with van der Waals surface area (Å²) >= 11 is 0. The highest BCUT2D eigenvalue weighted by molar-refractivity contribution is 5.92. The van der Waals surface area contributed by atoms with E-state index in [1.165, 1.54) is 25.7 Å². The van der Waals surface area contributed by atoms with Gasteiger partial charge in [-0.2, -0.15) is 0 Å². The molecule has 4 nitrogen and oxygen atoms in total. The standard InChI is InChI=1S/C14H20N2O2/c15-9-14(17)16-12-7-5-11(6-8-12)10-18-13-3-1-2-4-13/h5-8,13H,1-4,9-10,15H2,(H,16,17). The Labute approximate surface area is 108 Å². The highest BCUT2D eigenvalue weighted by Crippen LogP contribution is 2.22. The van der Waals surface area contributed by atoms with E-state index in [1.54, 1.807) is 0 Å². The molecule has 1 aromatic carbocycles. The first-order chi connectivity index (χ1) is 8.78. The number of hydrogen-bond donors (Lipinski definition) is 2. The summed E-state index contributed by atoms with van der Waals surface area (Å²) in [7, 11) is 0. The number of amides is 1. The zero-order valence-corrected chi connectivity index (χ0v) is 10.5. The molecule has 1 saturated carbocycles. The molecule has 0 radical (unpaired) electrons. The van der Waals surface area contributed by atoms with Gasteiger partial charge in [0.05, 0.1) is 19.3 Å². The fourth-order valence-electron chi connectivity index (χ4n) is 2.17. The van der Waals surface area contributed by atoms with E-state index in [9.17, 15) is 4.79 Å². The molecule has 0 heterocycles. The molecule has 0 saturated heterocycles. The van der Waals surface area contributed by atoms with Gasteiger partial charge in [-0.15, -0.1) is 0 Å². The lowest BCUT2D eigenvalue weighted by molar-refractivity contribution is -0.114. The number of nitrogens with two attached hydrogens (primary N) is 1. The summed E-state index contributed by atoms with van der Waals surface area (Å²) in [5.74, 6) is -0.176. The Bertz CT molecular complexity index is 383. The summed E-state index contributed by atoms with van der Waals surface area (Å²) in [6.45, 7) is 0.655. The molecule has 0 atom stereocenters. The third-order valence-corrected chi connectivity index (χ3v) is 3.21. The number of nitrogens with one attached hydrogen (secondary N) is 1. The molecule has 98 valence electrons. The second kappa shape index (κ2) is 6.52. The molecule has 0 aromatic heterocycles. The maximum atomic E-state index is 11.1. The highest BCUT2D eigenvalue weighted by Gasteiger charge is 2.14. The van der Waals surface area contributed by atoms with Crippen molar-refractivity contribution in [3.63, 3.8) is 0 Å². The quantitative estimate of drug-likeness (QED) is 0.838. The highest BCUT2D eigenvalue weighted by atomic mass is 16.5. The monoisotopic (exact) mass is 248 g/mol. The van der Waals surface area contributed by atoms with Crippen LogP contribution in [0.1, 0.15) is 31.2 Å². The fraction of sp³-hybridized carbons (Fsp3) is 0.500. The smallest absolute Gasteiger partial charge is 0.238 e. The van der Waals surface area contributed by atoms with Crippen LogP contribution in [0.4, 0.5) is 5.69 Å². The lowest BCUT2D eigenvalue weighted by atomic mass is 10.2. The third-order valence-electron chi connectivity index (χ3n) is 3.21. The predicted octanol–water partition coefficient (Wildman–Crippen LogP) is 2.04. The van der Waals surface area contributed by atoms with Crippen LogP contribution in [0.3, 0.4) is 0 Å². The molecule has 0 spiro atoms. The average molecular weight is 248 g/mol. The zero-order chi connectivity index (χ0) is 12.8. The van der Waals surface area contributed by atoms with E-state index in [4.69, 9.17) is 10.5 Å². The summed E-state index contributed by atoms with van der Waals surface area (Å²) in [4.78, 5) is 11.1. The van der Waals surface area contributed by atoms with Gasteiger partial charge in [-0.05, 0) is 30.5 Å². The largest absolute Gasteiger partial charge is 0.374 e. The van der Waals surface area contributed by atoms with Gasteiger partial charge < -0.3 is 15.8 Å². The molecular weight excluding hydrogens is 228 g/mol. The van der Waals surface area contributed by atoms with Gasteiger partial charge in [0, 0.05) is 5.69 Å². The van der Waals surface area contributed by atoms with Crippen molar-refractivity contribution in [1.29, 1.82) is 0 Å². The van der Waals surface area contributed by atoms with Crippen molar-refractivity contribution in [3.8, 4) is 0 Å². The minimum atomic E-state index is -0.176. The second-order valence-electron chi connectivity index (χ2n) is 4.67. The number of ether oxygens (including phenoxy) is 1. The molecule has 3 N–H and O–H groups in total. The number of rotatable bonds is 5. The third kappa shape index (κ3) is 3.82. The lowest BCUT2D eigenvalue weighted by Gasteiger charge is -2.11. The van der Waals surface area contributed by atoms with Gasteiger partial charge in [0.25, 0.3) is 0 Å². The maximum absolute atomic E-state index is 11.1. The van der Waals surface area contributed by atoms with Gasteiger partial charge >= 0.3 is 0 Å². The van der Waals surface area contributed by atoms with E-state index < -0.39 is 0 Å². The molecule has 1 aromatic rings. The molecule has 1 amide bonds. The summed E-state index contributed by atoms with van der Waals surface area (Å²) in [6, 6.07) is 7.70. The summed E-state index contributed by atoms with van der Waals surface area (Å²) in [6.07, 6.45) is 5.38. The van der Waals surface area contributed by atoms with E-state index in [0.29, 0.717) is 12.7 Å². The Balaban J connectivity index is 1.81. The van der Waals surface area contributed by atoms with Gasteiger partial charge in [0.2, 0.25) is 5.91 Å². The van der Waals surface area contributed by atoms with Crippen LogP contribution in [0.25, 0.3) is 0 Å². The Kier molecular flexibility index (Phi) is 4.73. The van der Waals surface area contributed by atoms with Gasteiger partial charge in [-0.1, -0.05) is 25.0 Å². The first kappa shape index (κ1) is 13.1. The summed E-state index contributed by atoms with van der Waals surface area (Å²) in [5.41, 5.74) is 7.14. The molecule has 0 bridgehead atoms. The molecular formula is C14H20N2O2. The van der Waals surface area contributed by atoms with Crippen molar-refractivity contribution in [1.82, 2.24) is 0 Å². The lowest BCUT2D eigenvalue weighted by Crippen LogP contribution is -2.21. The molecule has 4 heteroatoms. The van der Waals surface area contributed by atoms with Gasteiger partial charge in [-0.25, -0.2) is 0 Å². The van der Waals surface area contributed by atoms with Crippen molar-refractivity contribution in [2.45, 2.75) is 38.4 Å². The number of carbonyl (C=O) groups is 1. The van der Waals surface area contributed by atoms with Crippen molar-refractivity contribution in [3.05, 3.63) is 29.8 Å². The van der Waals surface area contributed by atoms with Crippen LogP contribution in [-0.4, -0.2) is 18.6 Å². The Morgan fingerprint density at radius 3 is 2.56 bits per heavy atom.